The monoisotopic (exact) mass is 657 g/mol. The van der Waals surface area contributed by atoms with Crippen LogP contribution in [0, 0.1) is 17.8 Å². The fraction of sp³-hybridized carbons (Fsp3) is 0.459. The number of rotatable bonds is 6. The Morgan fingerprint density at radius 1 is 1.02 bits per heavy atom. The molecular weight excluding hydrogens is 614 g/mol. The summed E-state index contributed by atoms with van der Waals surface area (Å²) in [5.74, 6) is -3.45. The van der Waals surface area contributed by atoms with E-state index in [1.807, 2.05) is 56.3 Å². The molecule has 4 aliphatic heterocycles. The molecule has 0 saturated carbocycles. The second-order valence-electron chi connectivity index (χ2n) is 13.2. The van der Waals surface area contributed by atoms with Crippen molar-refractivity contribution in [3.05, 3.63) is 84.5 Å². The molecule has 0 unspecified atom stereocenters. The number of esters is 1. The molecule has 254 valence electrons. The normalized spacial score (nSPS) is 31.9. The first-order valence-corrected chi connectivity index (χ1v) is 16.6. The fourth-order valence-corrected chi connectivity index (χ4v) is 7.59. The van der Waals surface area contributed by atoms with Crippen molar-refractivity contribution in [2.45, 2.75) is 69.5 Å². The van der Waals surface area contributed by atoms with Crippen molar-refractivity contribution in [3.63, 3.8) is 0 Å². The summed E-state index contributed by atoms with van der Waals surface area (Å²) in [6.45, 7) is 5.30. The van der Waals surface area contributed by atoms with Gasteiger partial charge in [0.1, 0.15) is 29.4 Å². The lowest BCUT2D eigenvalue weighted by Crippen LogP contribution is -2.59. The molecule has 48 heavy (non-hydrogen) atoms. The molecule has 4 heterocycles. The van der Waals surface area contributed by atoms with E-state index in [2.05, 4.69) is 5.32 Å². The Balaban J connectivity index is 1.47. The third-order valence-electron chi connectivity index (χ3n) is 9.99. The van der Waals surface area contributed by atoms with Gasteiger partial charge in [-0.05, 0) is 49.1 Å². The van der Waals surface area contributed by atoms with Gasteiger partial charge in [0, 0.05) is 18.7 Å². The number of cyclic esters (lactones) is 1. The van der Waals surface area contributed by atoms with Gasteiger partial charge in [-0.1, -0.05) is 68.5 Å². The van der Waals surface area contributed by atoms with Crippen LogP contribution in [-0.2, 0) is 28.7 Å². The van der Waals surface area contributed by atoms with Crippen molar-refractivity contribution < 1.29 is 38.5 Å². The molecule has 1 spiro atoms. The molecule has 8 atom stereocenters. The zero-order valence-corrected chi connectivity index (χ0v) is 27.7. The van der Waals surface area contributed by atoms with E-state index in [-0.39, 0.29) is 31.4 Å². The zero-order chi connectivity index (χ0) is 34.2. The predicted molar refractivity (Wildman–Crippen MR) is 177 cm³/mol. The summed E-state index contributed by atoms with van der Waals surface area (Å²) in [5, 5.41) is 13.6. The number of carbonyl (C=O) groups excluding carboxylic acids is 4. The minimum Gasteiger partial charge on any atom is -0.497 e. The number of allylic oxidation sites excluding steroid dienone is 1. The van der Waals surface area contributed by atoms with E-state index in [1.165, 1.54) is 4.90 Å². The summed E-state index contributed by atoms with van der Waals surface area (Å²) in [7, 11) is 1.56. The number of ether oxygens (including phenoxy) is 3. The number of aliphatic hydroxyl groups is 1. The maximum atomic E-state index is 15.0. The Morgan fingerprint density at radius 3 is 2.42 bits per heavy atom. The van der Waals surface area contributed by atoms with Crippen LogP contribution in [0.15, 0.2) is 78.9 Å². The van der Waals surface area contributed by atoms with Crippen LogP contribution in [0.3, 0.4) is 0 Å². The maximum absolute atomic E-state index is 15.0. The average molecular weight is 658 g/mol. The van der Waals surface area contributed by atoms with Gasteiger partial charge in [0.2, 0.25) is 11.8 Å². The standard InChI is InChI=1S/C37H43N3O8/c1-22(2)27(21-41)40-33-35(44)39(25-14-16-26(46-4)17-15-25)20-10-6-9-13-29(42)38-23(3)32(24-11-7-5-8-12-24)47-36(45)30-28-18-19-37(33,48-28)31(30)34(40)43/h5-8,10-12,14-19,22-23,27-28,30-33,41H,9,13,20-21H2,1-4H3,(H,38,42)/b10-6-/t23-,27+,28+,30-,31-,32+,33+,37-/m1/s1. The van der Waals surface area contributed by atoms with Gasteiger partial charge in [-0.25, -0.2) is 0 Å². The SMILES string of the molecule is COc1ccc(N2C/C=C\CCC(=O)N[C@H](C)[C@@H](c3ccccc3)OC(=O)[C@@H]3[C@@H]4C=C[C@]5(O4)[C@H](C2=O)N([C@@H](CO)C(C)C)C(=O)[C@@H]35)cc1. The largest absolute Gasteiger partial charge is 0.497 e. The van der Waals surface area contributed by atoms with Crippen LogP contribution in [0.2, 0.25) is 0 Å². The number of fused-ring (bicyclic) bond motifs is 2. The predicted octanol–water partition coefficient (Wildman–Crippen LogP) is 3.33. The van der Waals surface area contributed by atoms with Crippen LogP contribution in [0.5, 0.6) is 5.75 Å². The van der Waals surface area contributed by atoms with E-state index in [0.717, 1.165) is 0 Å². The molecule has 2 aromatic carbocycles. The van der Waals surface area contributed by atoms with Crippen molar-refractivity contribution in [2.75, 3.05) is 25.2 Å². The first-order valence-electron chi connectivity index (χ1n) is 16.6. The maximum Gasteiger partial charge on any atom is 0.313 e. The molecule has 0 radical (unpaired) electrons. The molecule has 0 aromatic heterocycles. The van der Waals surface area contributed by atoms with Crippen LogP contribution < -0.4 is 15.0 Å². The lowest BCUT2D eigenvalue weighted by molar-refractivity contribution is -0.161. The van der Waals surface area contributed by atoms with Crippen molar-refractivity contribution >= 4 is 29.4 Å². The molecular formula is C37H43N3O8. The van der Waals surface area contributed by atoms with Crippen LogP contribution in [0.25, 0.3) is 0 Å². The van der Waals surface area contributed by atoms with Crippen molar-refractivity contribution in [1.29, 1.82) is 0 Å². The second-order valence-corrected chi connectivity index (χ2v) is 13.2. The van der Waals surface area contributed by atoms with Gasteiger partial charge >= 0.3 is 5.97 Å². The Morgan fingerprint density at radius 2 is 1.75 bits per heavy atom. The van der Waals surface area contributed by atoms with E-state index < -0.39 is 65.6 Å². The lowest BCUT2D eigenvalue weighted by atomic mass is 9.74. The molecule has 2 fully saturated rings. The lowest BCUT2D eigenvalue weighted by Gasteiger charge is -2.40. The number of anilines is 1. The van der Waals surface area contributed by atoms with Crippen LogP contribution >= 0.6 is 0 Å². The quantitative estimate of drug-likeness (QED) is 0.357. The number of nitrogens with zero attached hydrogens (tertiary/aromatic N) is 2. The minimum atomic E-state index is -1.46. The summed E-state index contributed by atoms with van der Waals surface area (Å²) in [6.07, 6.45) is 6.11. The Bertz CT molecular complexity index is 1590. The fourth-order valence-electron chi connectivity index (χ4n) is 7.59. The van der Waals surface area contributed by atoms with Crippen molar-refractivity contribution in [1.82, 2.24) is 10.2 Å². The van der Waals surface area contributed by atoms with Gasteiger partial charge in [0.05, 0.1) is 37.8 Å². The summed E-state index contributed by atoms with van der Waals surface area (Å²) >= 11 is 0. The molecule has 11 heteroatoms. The van der Waals surface area contributed by atoms with Crippen molar-refractivity contribution in [2.24, 2.45) is 17.8 Å². The third kappa shape index (κ3) is 5.79. The number of carbonyl (C=O) groups is 4. The molecule has 0 aliphatic carbocycles. The molecule has 5 bridgehead atoms. The number of methoxy groups -OCH3 is 1. The molecule has 2 N–H and O–H groups in total. The summed E-state index contributed by atoms with van der Waals surface area (Å²) in [5.41, 5.74) is -0.214. The van der Waals surface area contributed by atoms with Crippen LogP contribution in [0.4, 0.5) is 5.69 Å². The van der Waals surface area contributed by atoms with E-state index in [4.69, 9.17) is 14.2 Å². The highest BCUT2D eigenvalue weighted by molar-refractivity contribution is 6.05. The van der Waals surface area contributed by atoms with Gasteiger partial charge < -0.3 is 34.4 Å². The number of nitrogens with one attached hydrogen (secondary N) is 1. The number of likely N-dealkylation sites (tertiary alicyclic amines) is 1. The van der Waals surface area contributed by atoms with E-state index in [9.17, 15) is 24.3 Å². The average Bonchev–Trinajstić information content (AvgIpc) is 3.73. The highest BCUT2D eigenvalue weighted by Crippen LogP contribution is 2.56. The first-order chi connectivity index (χ1) is 23.1. The number of hydrogen-bond acceptors (Lipinski definition) is 8. The van der Waals surface area contributed by atoms with E-state index >= 15 is 0 Å². The zero-order valence-electron chi connectivity index (χ0n) is 27.7. The summed E-state index contributed by atoms with van der Waals surface area (Å²) in [4.78, 5) is 59.9. The molecule has 2 aromatic rings. The number of benzene rings is 2. The van der Waals surface area contributed by atoms with Gasteiger partial charge in [-0.2, -0.15) is 0 Å². The number of hydrogen-bond donors (Lipinski definition) is 2. The molecule has 2 saturated heterocycles. The van der Waals surface area contributed by atoms with E-state index in [1.54, 1.807) is 55.4 Å². The van der Waals surface area contributed by atoms with Gasteiger partial charge in [0.15, 0.2) is 0 Å². The Kier molecular flexibility index (Phi) is 9.44. The van der Waals surface area contributed by atoms with Crippen LogP contribution in [-0.4, -0.2) is 83.8 Å². The van der Waals surface area contributed by atoms with Gasteiger partial charge in [-0.15, -0.1) is 0 Å². The smallest absolute Gasteiger partial charge is 0.313 e. The highest BCUT2D eigenvalue weighted by atomic mass is 16.6. The topological polar surface area (TPSA) is 135 Å². The highest BCUT2D eigenvalue weighted by Gasteiger charge is 2.74. The van der Waals surface area contributed by atoms with Gasteiger partial charge in [0.25, 0.3) is 5.91 Å². The number of aliphatic hydroxyl groups excluding tert-OH is 1. The van der Waals surface area contributed by atoms with Gasteiger partial charge in [-0.3, -0.25) is 19.2 Å². The minimum absolute atomic E-state index is 0.141. The molecule has 11 nitrogen and oxygen atoms in total. The Labute approximate surface area is 280 Å². The molecule has 4 aliphatic rings. The second kappa shape index (κ2) is 13.6. The Hall–Kier alpha value is -4.48. The molecule has 3 amide bonds. The van der Waals surface area contributed by atoms with E-state index in [0.29, 0.717) is 23.4 Å². The first kappa shape index (κ1) is 33.4. The van der Waals surface area contributed by atoms with Crippen molar-refractivity contribution in [3.8, 4) is 5.75 Å². The van der Waals surface area contributed by atoms with Crippen LogP contribution in [0.1, 0.15) is 45.3 Å². The molecule has 6 rings (SSSR count). The summed E-state index contributed by atoms with van der Waals surface area (Å²) < 4.78 is 18.1. The summed E-state index contributed by atoms with van der Waals surface area (Å²) in [6, 6.07) is 13.7. The number of amides is 3. The third-order valence-corrected chi connectivity index (χ3v) is 9.99.